The lowest BCUT2D eigenvalue weighted by Gasteiger charge is -2.38. The second kappa shape index (κ2) is 7.21. The van der Waals surface area contributed by atoms with Crippen LogP contribution in [-0.2, 0) is 5.60 Å². The molecule has 0 spiro atoms. The molecule has 1 aromatic carbocycles. The van der Waals surface area contributed by atoms with Crippen LogP contribution in [0, 0.1) is 11.8 Å². The molecular weight excluding hydrogens is 274 g/mol. The highest BCUT2D eigenvalue weighted by atomic mass is 19.3. The summed E-state index contributed by atoms with van der Waals surface area (Å²) in [7, 11) is 0. The second-order valence-corrected chi connectivity index (χ2v) is 5.96. The van der Waals surface area contributed by atoms with Gasteiger partial charge in [0.1, 0.15) is 5.75 Å². The topological polar surface area (TPSA) is 29.5 Å². The van der Waals surface area contributed by atoms with Gasteiger partial charge in [0.2, 0.25) is 6.43 Å². The Morgan fingerprint density at radius 2 is 1.62 bits per heavy atom. The molecule has 0 fully saturated rings. The zero-order valence-electron chi connectivity index (χ0n) is 13.4. The van der Waals surface area contributed by atoms with E-state index in [0.717, 1.165) is 6.42 Å². The molecule has 0 aliphatic carbocycles. The van der Waals surface area contributed by atoms with E-state index in [0.29, 0.717) is 11.3 Å². The number of halogens is 2. The van der Waals surface area contributed by atoms with Gasteiger partial charge in [0.05, 0.1) is 17.6 Å². The number of aliphatic hydroxyl groups is 1. The van der Waals surface area contributed by atoms with E-state index >= 15 is 0 Å². The minimum absolute atomic E-state index is 0.0971. The van der Waals surface area contributed by atoms with Crippen LogP contribution in [0.1, 0.15) is 46.6 Å². The summed E-state index contributed by atoms with van der Waals surface area (Å²) in [4.78, 5) is 0. The molecule has 3 atom stereocenters. The molecule has 0 aliphatic heterocycles. The van der Waals surface area contributed by atoms with E-state index in [1.165, 1.54) is 6.92 Å². The van der Waals surface area contributed by atoms with Crippen molar-refractivity contribution in [1.82, 2.24) is 0 Å². The molecule has 0 aliphatic rings. The standard InChI is InChI=1S/C17H26F2O2/c1-6-12(4)21-15-9-7-14(8-10-15)17(20,11(2)3)13(5)16(18)19/h7-13,16,20H,6H2,1-5H3. The van der Waals surface area contributed by atoms with Crippen LogP contribution in [0.2, 0.25) is 0 Å². The van der Waals surface area contributed by atoms with Gasteiger partial charge in [0.25, 0.3) is 0 Å². The van der Waals surface area contributed by atoms with Crippen molar-refractivity contribution in [3.63, 3.8) is 0 Å². The van der Waals surface area contributed by atoms with E-state index in [1.54, 1.807) is 38.1 Å². The van der Waals surface area contributed by atoms with Crippen molar-refractivity contribution in [3.05, 3.63) is 29.8 Å². The predicted molar refractivity (Wildman–Crippen MR) is 80.7 cm³/mol. The lowest BCUT2D eigenvalue weighted by molar-refractivity contribution is -0.112. The normalized spacial score (nSPS) is 17.6. The lowest BCUT2D eigenvalue weighted by Crippen LogP contribution is -2.42. The first kappa shape index (κ1) is 17.9. The average Bonchev–Trinajstić information content (AvgIpc) is 2.45. The summed E-state index contributed by atoms with van der Waals surface area (Å²) < 4.78 is 31.8. The highest BCUT2D eigenvalue weighted by molar-refractivity contribution is 5.32. The molecule has 1 N–H and O–H groups in total. The number of alkyl halides is 2. The van der Waals surface area contributed by atoms with Gasteiger partial charge in [-0.25, -0.2) is 8.78 Å². The first-order valence-corrected chi connectivity index (χ1v) is 7.51. The molecule has 0 saturated carbocycles. The van der Waals surface area contributed by atoms with Gasteiger partial charge in [0, 0.05) is 0 Å². The Balaban J connectivity index is 3.05. The molecule has 4 heteroatoms. The Morgan fingerprint density at radius 1 is 1.10 bits per heavy atom. The Labute approximate surface area is 126 Å². The van der Waals surface area contributed by atoms with E-state index in [-0.39, 0.29) is 12.0 Å². The molecule has 2 nitrogen and oxygen atoms in total. The van der Waals surface area contributed by atoms with E-state index in [9.17, 15) is 13.9 Å². The third-order valence-electron chi connectivity index (χ3n) is 4.18. The van der Waals surface area contributed by atoms with Crippen LogP contribution in [0.4, 0.5) is 8.78 Å². The van der Waals surface area contributed by atoms with E-state index in [1.807, 2.05) is 13.8 Å². The van der Waals surface area contributed by atoms with Gasteiger partial charge in [-0.15, -0.1) is 0 Å². The molecule has 0 saturated heterocycles. The number of hydrogen-bond acceptors (Lipinski definition) is 2. The zero-order valence-corrected chi connectivity index (χ0v) is 13.4. The van der Waals surface area contributed by atoms with Gasteiger partial charge in [-0.1, -0.05) is 39.8 Å². The van der Waals surface area contributed by atoms with Crippen LogP contribution in [0.15, 0.2) is 24.3 Å². The fourth-order valence-electron chi connectivity index (χ4n) is 2.43. The maximum Gasteiger partial charge on any atom is 0.244 e. The van der Waals surface area contributed by atoms with Gasteiger partial charge in [-0.2, -0.15) is 0 Å². The highest BCUT2D eigenvalue weighted by Crippen LogP contribution is 2.40. The molecule has 21 heavy (non-hydrogen) atoms. The first-order chi connectivity index (χ1) is 9.73. The maximum atomic E-state index is 13.1. The fourth-order valence-corrected chi connectivity index (χ4v) is 2.43. The minimum Gasteiger partial charge on any atom is -0.491 e. The molecule has 1 rings (SSSR count). The summed E-state index contributed by atoms with van der Waals surface area (Å²) in [6.07, 6.45) is -1.59. The SMILES string of the molecule is CCC(C)Oc1ccc(C(O)(C(C)C)C(C)C(F)F)cc1. The number of ether oxygens (including phenoxy) is 1. The first-order valence-electron chi connectivity index (χ1n) is 7.51. The van der Waals surface area contributed by atoms with Crippen molar-refractivity contribution in [2.24, 2.45) is 11.8 Å². The highest BCUT2D eigenvalue weighted by Gasteiger charge is 2.43. The maximum absolute atomic E-state index is 13.1. The largest absolute Gasteiger partial charge is 0.491 e. The molecule has 0 radical (unpaired) electrons. The van der Waals surface area contributed by atoms with Crippen molar-refractivity contribution in [1.29, 1.82) is 0 Å². The number of rotatable bonds is 7. The van der Waals surface area contributed by atoms with E-state index in [4.69, 9.17) is 4.74 Å². The molecule has 0 aromatic heterocycles. The minimum atomic E-state index is -2.58. The van der Waals surface area contributed by atoms with Crippen LogP contribution < -0.4 is 4.74 Å². The summed E-state index contributed by atoms with van der Waals surface area (Å²) in [6, 6.07) is 6.81. The quantitative estimate of drug-likeness (QED) is 0.797. The Bertz CT molecular complexity index is 431. The summed E-state index contributed by atoms with van der Waals surface area (Å²) >= 11 is 0. The van der Waals surface area contributed by atoms with Crippen LogP contribution in [0.5, 0.6) is 5.75 Å². The Kier molecular flexibility index (Phi) is 6.14. The van der Waals surface area contributed by atoms with Crippen molar-refractivity contribution < 1.29 is 18.6 Å². The molecule has 0 amide bonds. The Hall–Kier alpha value is -1.16. The zero-order chi connectivity index (χ0) is 16.2. The second-order valence-electron chi connectivity index (χ2n) is 5.96. The third kappa shape index (κ3) is 3.94. The number of hydrogen-bond donors (Lipinski definition) is 1. The fraction of sp³-hybridized carbons (Fsp3) is 0.647. The van der Waals surface area contributed by atoms with Gasteiger partial charge in [-0.3, -0.25) is 0 Å². The lowest BCUT2D eigenvalue weighted by atomic mass is 9.74. The van der Waals surface area contributed by atoms with Crippen LogP contribution in [0.25, 0.3) is 0 Å². The monoisotopic (exact) mass is 300 g/mol. The smallest absolute Gasteiger partial charge is 0.244 e. The molecule has 3 unspecified atom stereocenters. The van der Waals surface area contributed by atoms with Gasteiger partial charge in [-0.05, 0) is 37.0 Å². The molecule has 0 heterocycles. The summed E-state index contributed by atoms with van der Waals surface area (Å²) in [6.45, 7) is 8.89. The van der Waals surface area contributed by atoms with Crippen molar-refractivity contribution >= 4 is 0 Å². The predicted octanol–water partition coefficient (Wildman–Crippen LogP) is 4.61. The molecule has 120 valence electrons. The van der Waals surface area contributed by atoms with Crippen molar-refractivity contribution in [3.8, 4) is 5.75 Å². The summed E-state index contributed by atoms with van der Waals surface area (Å²) in [5.74, 6) is -0.773. The molecule has 1 aromatic rings. The molecular formula is C17H26F2O2. The van der Waals surface area contributed by atoms with Crippen molar-refractivity contribution in [2.75, 3.05) is 0 Å². The van der Waals surface area contributed by atoms with Crippen LogP contribution >= 0.6 is 0 Å². The average molecular weight is 300 g/mol. The van der Waals surface area contributed by atoms with Crippen LogP contribution in [0.3, 0.4) is 0 Å². The third-order valence-corrected chi connectivity index (χ3v) is 4.18. The summed E-state index contributed by atoms with van der Waals surface area (Å²) in [5.41, 5.74) is -1.05. The van der Waals surface area contributed by atoms with Gasteiger partial charge < -0.3 is 9.84 Å². The van der Waals surface area contributed by atoms with Gasteiger partial charge in [0.15, 0.2) is 0 Å². The summed E-state index contributed by atoms with van der Waals surface area (Å²) in [5, 5.41) is 10.8. The molecule has 0 bridgehead atoms. The van der Waals surface area contributed by atoms with E-state index in [2.05, 4.69) is 0 Å². The van der Waals surface area contributed by atoms with Gasteiger partial charge >= 0.3 is 0 Å². The van der Waals surface area contributed by atoms with E-state index < -0.39 is 17.9 Å². The van der Waals surface area contributed by atoms with Crippen LogP contribution in [-0.4, -0.2) is 17.6 Å². The van der Waals surface area contributed by atoms with Crippen molar-refractivity contribution in [2.45, 2.75) is 59.2 Å². The Morgan fingerprint density at radius 3 is 2.00 bits per heavy atom. The number of benzene rings is 1.